The Morgan fingerprint density at radius 2 is 1.79 bits per heavy atom. The molecule has 0 amide bonds. The molecule has 19 heavy (non-hydrogen) atoms. The van der Waals surface area contributed by atoms with Crippen molar-refractivity contribution in [3.8, 4) is 0 Å². The van der Waals surface area contributed by atoms with E-state index in [-0.39, 0.29) is 6.10 Å². The van der Waals surface area contributed by atoms with E-state index in [0.29, 0.717) is 24.1 Å². The highest BCUT2D eigenvalue weighted by Crippen LogP contribution is 2.28. The van der Waals surface area contributed by atoms with E-state index < -0.39 is 10.0 Å². The second kappa shape index (κ2) is 7.04. The molecule has 2 saturated carbocycles. The monoisotopic (exact) mass is 289 g/mol. The first kappa shape index (κ1) is 15.3. The Balaban J connectivity index is 1.60. The van der Waals surface area contributed by atoms with Crippen LogP contribution in [-0.4, -0.2) is 31.9 Å². The number of hydrogen-bond donors (Lipinski definition) is 2. The maximum Gasteiger partial charge on any atom is 0.211 e. The fourth-order valence-electron chi connectivity index (χ4n) is 3.15. The first-order valence-corrected chi connectivity index (χ1v) is 9.37. The van der Waals surface area contributed by atoms with Crippen LogP contribution < -0.4 is 4.72 Å². The molecule has 2 unspecified atom stereocenters. The summed E-state index contributed by atoms with van der Waals surface area (Å²) in [7, 11) is -3.07. The Morgan fingerprint density at radius 1 is 1.05 bits per heavy atom. The summed E-state index contributed by atoms with van der Waals surface area (Å²) in [5.74, 6) is 1.07. The number of hydrogen-bond acceptors (Lipinski definition) is 3. The Labute approximate surface area is 117 Å². The number of rotatable bonds is 7. The van der Waals surface area contributed by atoms with E-state index in [0.717, 1.165) is 44.9 Å². The molecule has 2 fully saturated rings. The van der Waals surface area contributed by atoms with Crippen LogP contribution in [0.2, 0.25) is 0 Å². The molecule has 0 saturated heterocycles. The van der Waals surface area contributed by atoms with Gasteiger partial charge in [-0.25, -0.2) is 13.1 Å². The molecule has 112 valence electrons. The lowest BCUT2D eigenvalue weighted by Gasteiger charge is -2.27. The van der Waals surface area contributed by atoms with Crippen LogP contribution in [0.3, 0.4) is 0 Å². The quantitative estimate of drug-likeness (QED) is 0.705. The summed E-state index contributed by atoms with van der Waals surface area (Å²) in [6.45, 7) is 0.526. The van der Waals surface area contributed by atoms with Gasteiger partial charge in [-0.1, -0.05) is 19.3 Å². The molecule has 0 heterocycles. The van der Waals surface area contributed by atoms with Crippen LogP contribution in [-0.2, 0) is 10.0 Å². The molecule has 0 aromatic carbocycles. The molecule has 0 spiro atoms. The van der Waals surface area contributed by atoms with E-state index >= 15 is 0 Å². The minimum atomic E-state index is -3.07. The van der Waals surface area contributed by atoms with Crippen molar-refractivity contribution in [2.45, 2.75) is 63.9 Å². The zero-order valence-corrected chi connectivity index (χ0v) is 12.5. The van der Waals surface area contributed by atoms with Crippen LogP contribution in [0.5, 0.6) is 0 Å². The molecule has 0 aromatic heterocycles. The van der Waals surface area contributed by atoms with Gasteiger partial charge in [0.1, 0.15) is 0 Å². The van der Waals surface area contributed by atoms with Gasteiger partial charge in [-0.15, -0.1) is 0 Å². The van der Waals surface area contributed by atoms with Gasteiger partial charge in [-0.05, 0) is 50.4 Å². The average Bonchev–Trinajstić information content (AvgIpc) is 2.32. The van der Waals surface area contributed by atoms with E-state index in [1.165, 1.54) is 12.8 Å². The lowest BCUT2D eigenvalue weighted by molar-refractivity contribution is 0.0645. The van der Waals surface area contributed by atoms with Crippen molar-refractivity contribution in [1.29, 1.82) is 0 Å². The maximum atomic E-state index is 11.8. The van der Waals surface area contributed by atoms with Gasteiger partial charge in [0, 0.05) is 6.54 Å². The van der Waals surface area contributed by atoms with Gasteiger partial charge in [0.2, 0.25) is 10.0 Å². The third-order valence-electron chi connectivity index (χ3n) is 4.62. The molecule has 5 heteroatoms. The predicted molar refractivity (Wildman–Crippen MR) is 76.3 cm³/mol. The van der Waals surface area contributed by atoms with Crippen LogP contribution in [0.25, 0.3) is 0 Å². The molecule has 2 N–H and O–H groups in total. The van der Waals surface area contributed by atoms with Crippen molar-refractivity contribution < 1.29 is 13.5 Å². The number of nitrogens with one attached hydrogen (secondary N) is 1. The number of sulfonamides is 1. The van der Waals surface area contributed by atoms with E-state index in [1.54, 1.807) is 0 Å². The highest BCUT2D eigenvalue weighted by Gasteiger charge is 2.25. The summed E-state index contributed by atoms with van der Waals surface area (Å²) in [6.07, 6.45) is 9.26. The summed E-state index contributed by atoms with van der Waals surface area (Å²) in [5, 5.41) is 9.85. The van der Waals surface area contributed by atoms with Crippen molar-refractivity contribution >= 4 is 10.0 Å². The molecule has 0 bridgehead atoms. The van der Waals surface area contributed by atoms with Crippen LogP contribution in [0.4, 0.5) is 0 Å². The third-order valence-corrected chi connectivity index (χ3v) is 6.18. The summed E-state index contributed by atoms with van der Waals surface area (Å²) in [4.78, 5) is 0. The summed E-state index contributed by atoms with van der Waals surface area (Å²) < 4.78 is 26.3. The molecule has 0 aromatic rings. The maximum absolute atomic E-state index is 11.8. The third kappa shape index (κ3) is 5.04. The normalized spacial score (nSPS) is 29.1. The minimum Gasteiger partial charge on any atom is -0.393 e. The van der Waals surface area contributed by atoms with E-state index in [1.807, 2.05) is 0 Å². The highest BCUT2D eigenvalue weighted by atomic mass is 32.2. The van der Waals surface area contributed by atoms with Crippen LogP contribution in [0.15, 0.2) is 0 Å². The Morgan fingerprint density at radius 3 is 2.42 bits per heavy atom. The van der Waals surface area contributed by atoms with E-state index in [2.05, 4.69) is 4.72 Å². The smallest absolute Gasteiger partial charge is 0.211 e. The predicted octanol–water partition coefficient (Wildman–Crippen LogP) is 2.04. The molecular formula is C14H27NO3S. The van der Waals surface area contributed by atoms with Gasteiger partial charge in [0.05, 0.1) is 11.9 Å². The largest absolute Gasteiger partial charge is 0.393 e. The second-order valence-corrected chi connectivity index (χ2v) is 8.08. The lowest BCUT2D eigenvalue weighted by atomic mass is 9.84. The molecule has 2 aliphatic carbocycles. The molecule has 4 nitrogen and oxygen atoms in total. The van der Waals surface area contributed by atoms with Gasteiger partial charge < -0.3 is 5.11 Å². The van der Waals surface area contributed by atoms with Crippen molar-refractivity contribution in [2.75, 3.05) is 12.3 Å². The van der Waals surface area contributed by atoms with Crippen LogP contribution in [0, 0.1) is 11.8 Å². The van der Waals surface area contributed by atoms with Crippen LogP contribution in [0.1, 0.15) is 57.8 Å². The van der Waals surface area contributed by atoms with Crippen LogP contribution >= 0.6 is 0 Å². The van der Waals surface area contributed by atoms with Crippen molar-refractivity contribution in [3.05, 3.63) is 0 Å². The SMILES string of the molecule is O=S(=O)(CC1CCC1)NCCCC1CCCCC1O. The highest BCUT2D eigenvalue weighted by molar-refractivity contribution is 7.89. The molecule has 2 atom stereocenters. The van der Waals surface area contributed by atoms with E-state index in [4.69, 9.17) is 0 Å². The van der Waals surface area contributed by atoms with Gasteiger partial charge in [-0.3, -0.25) is 0 Å². The Kier molecular flexibility index (Phi) is 5.66. The van der Waals surface area contributed by atoms with Crippen molar-refractivity contribution in [3.63, 3.8) is 0 Å². The molecule has 0 aliphatic heterocycles. The summed E-state index contributed by atoms with van der Waals surface area (Å²) in [6, 6.07) is 0. The first-order valence-electron chi connectivity index (χ1n) is 7.72. The average molecular weight is 289 g/mol. The zero-order valence-electron chi connectivity index (χ0n) is 11.7. The zero-order chi connectivity index (χ0) is 13.7. The molecule has 2 aliphatic rings. The number of aliphatic hydroxyl groups excluding tert-OH is 1. The molecule has 0 radical (unpaired) electrons. The summed E-state index contributed by atoms with van der Waals surface area (Å²) >= 11 is 0. The lowest BCUT2D eigenvalue weighted by Crippen LogP contribution is -2.33. The van der Waals surface area contributed by atoms with Gasteiger partial charge in [-0.2, -0.15) is 0 Å². The minimum absolute atomic E-state index is 0.166. The van der Waals surface area contributed by atoms with Gasteiger partial charge in [0.25, 0.3) is 0 Å². The topological polar surface area (TPSA) is 66.4 Å². The second-order valence-electron chi connectivity index (χ2n) is 6.23. The van der Waals surface area contributed by atoms with Crippen molar-refractivity contribution in [1.82, 2.24) is 4.72 Å². The van der Waals surface area contributed by atoms with Gasteiger partial charge in [0.15, 0.2) is 0 Å². The molecular weight excluding hydrogens is 262 g/mol. The Bertz CT molecular complexity index is 365. The first-order chi connectivity index (χ1) is 9.07. The standard InChI is InChI=1S/C14H27NO3S/c16-14-9-2-1-7-13(14)8-4-10-15-19(17,18)11-12-5-3-6-12/h12-16H,1-11H2. The van der Waals surface area contributed by atoms with Crippen molar-refractivity contribution in [2.24, 2.45) is 11.8 Å². The fourth-order valence-corrected chi connectivity index (χ4v) is 4.67. The number of aliphatic hydroxyl groups is 1. The Hall–Kier alpha value is -0.130. The molecule has 2 rings (SSSR count). The fraction of sp³-hybridized carbons (Fsp3) is 1.00. The summed E-state index contributed by atoms with van der Waals surface area (Å²) in [5.41, 5.74) is 0. The van der Waals surface area contributed by atoms with Gasteiger partial charge >= 0.3 is 0 Å². The van der Waals surface area contributed by atoms with E-state index in [9.17, 15) is 13.5 Å².